The molecule has 0 spiro atoms. The number of nitrogens with one attached hydrogen (secondary N) is 2. The molecule has 0 aromatic heterocycles. The number of carbonyl (C=O) groups is 3. The van der Waals surface area contributed by atoms with E-state index in [1.807, 2.05) is 36.4 Å². The van der Waals surface area contributed by atoms with Crippen molar-refractivity contribution in [2.24, 2.45) is 5.92 Å². The Morgan fingerprint density at radius 2 is 1.63 bits per heavy atom. The fourth-order valence-electron chi connectivity index (χ4n) is 5.28. The first-order valence-corrected chi connectivity index (χ1v) is 12.1. The lowest BCUT2D eigenvalue weighted by atomic mass is 9.82. The molecule has 186 valence electrons. The van der Waals surface area contributed by atoms with Gasteiger partial charge in [0.1, 0.15) is 12.6 Å². The predicted molar refractivity (Wildman–Crippen MR) is 130 cm³/mol. The molecule has 2 aromatic rings. The van der Waals surface area contributed by atoms with E-state index in [4.69, 9.17) is 9.47 Å². The predicted octanol–water partition coefficient (Wildman–Crippen LogP) is 3.69. The van der Waals surface area contributed by atoms with E-state index in [9.17, 15) is 19.5 Å². The van der Waals surface area contributed by atoms with Crippen molar-refractivity contribution in [2.75, 3.05) is 20.3 Å². The molecule has 0 bridgehead atoms. The van der Waals surface area contributed by atoms with Gasteiger partial charge in [-0.05, 0) is 41.0 Å². The lowest BCUT2D eigenvalue weighted by Gasteiger charge is -2.32. The van der Waals surface area contributed by atoms with Crippen molar-refractivity contribution in [3.8, 4) is 11.1 Å². The van der Waals surface area contributed by atoms with Gasteiger partial charge in [-0.25, -0.2) is 4.79 Å². The third-order valence-electron chi connectivity index (χ3n) is 6.96. The zero-order chi connectivity index (χ0) is 24.8. The Morgan fingerprint density at radius 3 is 2.26 bits per heavy atom. The third kappa shape index (κ3) is 5.82. The minimum atomic E-state index is -0.942. The number of amides is 2. The number of alkyl carbamates (subject to hydrolysis) is 1. The van der Waals surface area contributed by atoms with Crippen molar-refractivity contribution in [2.45, 2.75) is 50.1 Å². The van der Waals surface area contributed by atoms with E-state index < -0.39 is 24.0 Å². The molecule has 0 radical (unpaired) electrons. The summed E-state index contributed by atoms with van der Waals surface area (Å²) in [6.45, 7) is 0.122. The normalized spacial score (nSPS) is 19.8. The van der Waals surface area contributed by atoms with Crippen molar-refractivity contribution in [3.05, 3.63) is 59.7 Å². The van der Waals surface area contributed by atoms with Crippen LogP contribution in [0.2, 0.25) is 0 Å². The number of aliphatic carboxylic acids is 1. The molecule has 0 aliphatic heterocycles. The Kier molecular flexibility index (Phi) is 8.02. The van der Waals surface area contributed by atoms with Crippen LogP contribution in [0.15, 0.2) is 48.5 Å². The summed E-state index contributed by atoms with van der Waals surface area (Å²) in [5.41, 5.74) is 4.48. The molecule has 1 saturated carbocycles. The van der Waals surface area contributed by atoms with Crippen molar-refractivity contribution in [1.29, 1.82) is 0 Å². The Bertz CT molecular complexity index is 1030. The molecule has 1 unspecified atom stereocenters. The van der Waals surface area contributed by atoms with Crippen molar-refractivity contribution < 1.29 is 29.0 Å². The number of hydrogen-bond acceptors (Lipinski definition) is 5. The van der Waals surface area contributed by atoms with E-state index in [1.54, 1.807) is 0 Å². The minimum Gasteiger partial charge on any atom is -0.481 e. The highest BCUT2D eigenvalue weighted by Gasteiger charge is 2.32. The van der Waals surface area contributed by atoms with Crippen LogP contribution in [0, 0.1) is 5.92 Å². The molecule has 0 heterocycles. The average molecular weight is 481 g/mol. The van der Waals surface area contributed by atoms with Crippen LogP contribution < -0.4 is 10.6 Å². The molecule has 0 saturated heterocycles. The molecule has 1 fully saturated rings. The number of benzene rings is 2. The van der Waals surface area contributed by atoms with Crippen LogP contribution in [-0.2, 0) is 19.1 Å². The second kappa shape index (κ2) is 11.4. The molecule has 3 atom stereocenters. The first-order chi connectivity index (χ1) is 17.0. The van der Waals surface area contributed by atoms with Crippen LogP contribution in [0.3, 0.4) is 0 Å². The smallest absolute Gasteiger partial charge is 0.407 e. The molecule has 3 N–H and O–H groups in total. The molecule has 2 amide bonds. The SMILES string of the molecule is COCC(NC(=O)OCC1c2ccccc2-c2ccccc21)C(=O)N[C@@H]1CCCC[C@@H]1CC(=O)O. The number of ether oxygens (including phenoxy) is 2. The summed E-state index contributed by atoms with van der Waals surface area (Å²) < 4.78 is 10.7. The maximum Gasteiger partial charge on any atom is 0.407 e. The molecule has 8 heteroatoms. The van der Waals surface area contributed by atoms with E-state index in [-0.39, 0.29) is 37.5 Å². The highest BCUT2D eigenvalue weighted by molar-refractivity contribution is 5.86. The first kappa shape index (κ1) is 24.7. The fraction of sp³-hybridized carbons (Fsp3) is 0.444. The number of carboxylic acids is 1. The van der Waals surface area contributed by atoms with Gasteiger partial charge >= 0.3 is 12.1 Å². The quantitative estimate of drug-likeness (QED) is 0.504. The fourth-order valence-corrected chi connectivity index (χ4v) is 5.28. The van der Waals surface area contributed by atoms with Gasteiger partial charge in [-0.2, -0.15) is 0 Å². The third-order valence-corrected chi connectivity index (χ3v) is 6.96. The number of carbonyl (C=O) groups excluding carboxylic acids is 2. The Morgan fingerprint density at radius 1 is 1.00 bits per heavy atom. The van der Waals surface area contributed by atoms with Gasteiger partial charge in [-0.3, -0.25) is 9.59 Å². The molecule has 2 aliphatic carbocycles. The van der Waals surface area contributed by atoms with Crippen molar-refractivity contribution in [1.82, 2.24) is 10.6 Å². The molecule has 4 rings (SSSR count). The van der Waals surface area contributed by atoms with Gasteiger partial charge in [0.15, 0.2) is 0 Å². The van der Waals surface area contributed by atoms with Gasteiger partial charge in [0.25, 0.3) is 0 Å². The monoisotopic (exact) mass is 480 g/mol. The molecule has 8 nitrogen and oxygen atoms in total. The van der Waals surface area contributed by atoms with E-state index in [0.717, 1.165) is 41.5 Å². The Balaban J connectivity index is 1.37. The molecule has 2 aromatic carbocycles. The summed E-state index contributed by atoms with van der Waals surface area (Å²) in [5, 5.41) is 14.8. The second-order valence-electron chi connectivity index (χ2n) is 9.24. The Hall–Kier alpha value is -3.39. The van der Waals surface area contributed by atoms with Crippen LogP contribution in [0.25, 0.3) is 11.1 Å². The van der Waals surface area contributed by atoms with Crippen molar-refractivity contribution in [3.63, 3.8) is 0 Å². The number of rotatable bonds is 9. The van der Waals surface area contributed by atoms with Gasteiger partial charge in [-0.15, -0.1) is 0 Å². The first-order valence-electron chi connectivity index (χ1n) is 12.1. The molecular weight excluding hydrogens is 448 g/mol. The van der Waals surface area contributed by atoms with Crippen LogP contribution in [-0.4, -0.2) is 55.5 Å². The average Bonchev–Trinajstić information content (AvgIpc) is 3.17. The van der Waals surface area contributed by atoms with E-state index in [2.05, 4.69) is 22.8 Å². The summed E-state index contributed by atoms with van der Waals surface area (Å²) >= 11 is 0. The van der Waals surface area contributed by atoms with Crippen LogP contribution >= 0.6 is 0 Å². The highest BCUT2D eigenvalue weighted by atomic mass is 16.5. The summed E-state index contributed by atoms with van der Waals surface area (Å²) in [6.07, 6.45) is 2.66. The maximum absolute atomic E-state index is 12.9. The molecule has 35 heavy (non-hydrogen) atoms. The van der Waals surface area contributed by atoms with E-state index in [1.165, 1.54) is 7.11 Å². The second-order valence-corrected chi connectivity index (χ2v) is 9.24. The van der Waals surface area contributed by atoms with Crippen LogP contribution in [0.5, 0.6) is 0 Å². The standard InChI is InChI=1S/C27H32N2O6/c1-34-16-24(26(32)28-23-13-7-2-8-17(23)14-25(30)31)29-27(33)35-15-22-20-11-5-3-9-18(20)19-10-4-6-12-21(19)22/h3-6,9-12,17,22-24H,2,7-8,13-16H2,1H3,(H,28,32)(H,29,33)(H,30,31)/t17-,23-,24?/m1/s1. The summed E-state index contributed by atoms with van der Waals surface area (Å²) in [7, 11) is 1.45. The molecule has 2 aliphatic rings. The maximum atomic E-state index is 12.9. The number of hydrogen-bond donors (Lipinski definition) is 3. The highest BCUT2D eigenvalue weighted by Crippen LogP contribution is 2.44. The Labute approximate surface area is 205 Å². The van der Waals surface area contributed by atoms with Gasteiger partial charge in [0.2, 0.25) is 5.91 Å². The molecular formula is C27H32N2O6. The number of methoxy groups -OCH3 is 1. The van der Waals surface area contributed by atoms with Gasteiger partial charge in [-0.1, -0.05) is 61.4 Å². The number of fused-ring (bicyclic) bond motifs is 3. The van der Waals surface area contributed by atoms with Gasteiger partial charge < -0.3 is 25.2 Å². The topological polar surface area (TPSA) is 114 Å². The van der Waals surface area contributed by atoms with E-state index >= 15 is 0 Å². The van der Waals surface area contributed by atoms with Crippen molar-refractivity contribution >= 4 is 18.0 Å². The summed E-state index contributed by atoms with van der Waals surface area (Å²) in [4.78, 5) is 36.8. The van der Waals surface area contributed by atoms with Gasteiger partial charge in [0.05, 0.1) is 13.0 Å². The van der Waals surface area contributed by atoms with E-state index in [0.29, 0.717) is 6.42 Å². The lowest BCUT2D eigenvalue weighted by molar-refractivity contribution is -0.139. The van der Waals surface area contributed by atoms with Crippen LogP contribution in [0.1, 0.15) is 49.1 Å². The van der Waals surface area contributed by atoms with Gasteiger partial charge in [0, 0.05) is 19.1 Å². The minimum absolute atomic E-state index is 0.0136. The summed E-state index contributed by atoms with van der Waals surface area (Å²) in [6, 6.07) is 15.0. The zero-order valence-corrected chi connectivity index (χ0v) is 19.9. The zero-order valence-electron chi connectivity index (χ0n) is 19.9. The van der Waals surface area contributed by atoms with Crippen LogP contribution in [0.4, 0.5) is 4.79 Å². The lowest BCUT2D eigenvalue weighted by Crippen LogP contribution is -2.54. The number of carboxylic acid groups (broad SMARTS) is 1. The largest absolute Gasteiger partial charge is 0.481 e. The summed E-state index contributed by atoms with van der Waals surface area (Å²) in [5.74, 6) is -1.48.